The molecule has 0 heterocycles. The third-order valence-corrected chi connectivity index (χ3v) is 8.37. The number of Topliss-reactive ketones (excluding diaryl/α,β-unsaturated/α-hetero) is 1. The molecule has 4 aliphatic rings. The summed E-state index contributed by atoms with van der Waals surface area (Å²) < 4.78 is 0. The Balaban J connectivity index is 1.81. The van der Waals surface area contributed by atoms with Crippen molar-refractivity contribution in [2.24, 2.45) is 34.0 Å². The zero-order valence-corrected chi connectivity index (χ0v) is 14.6. The van der Waals surface area contributed by atoms with Crippen molar-refractivity contribution in [3.63, 3.8) is 0 Å². The van der Waals surface area contributed by atoms with Crippen LogP contribution in [0.25, 0.3) is 0 Å². The molecular weight excluding hydrogens is 288 g/mol. The number of aliphatic hydroxyl groups is 2. The van der Waals surface area contributed by atoms with Gasteiger partial charge in [0.1, 0.15) is 5.78 Å². The normalized spacial score (nSPS) is 51.0. The summed E-state index contributed by atoms with van der Waals surface area (Å²) in [6.45, 7) is 6.80. The van der Waals surface area contributed by atoms with Crippen molar-refractivity contribution in [1.29, 1.82) is 0 Å². The molecule has 4 rings (SSSR count). The predicted octanol–water partition coefficient (Wildman–Crippen LogP) is 3.10. The van der Waals surface area contributed by atoms with Crippen LogP contribution in [-0.2, 0) is 4.79 Å². The van der Waals surface area contributed by atoms with Gasteiger partial charge in [0.25, 0.3) is 0 Å². The van der Waals surface area contributed by atoms with Crippen LogP contribution in [0.3, 0.4) is 0 Å². The molecule has 2 bridgehead atoms. The first-order valence-corrected chi connectivity index (χ1v) is 9.29. The van der Waals surface area contributed by atoms with Crippen LogP contribution in [0.15, 0.2) is 11.6 Å². The van der Waals surface area contributed by atoms with Gasteiger partial charge in [-0.25, -0.2) is 0 Å². The Bertz CT molecular complexity index is 577. The highest BCUT2D eigenvalue weighted by Crippen LogP contribution is 2.69. The van der Waals surface area contributed by atoms with Gasteiger partial charge in [-0.05, 0) is 66.3 Å². The highest BCUT2D eigenvalue weighted by Gasteiger charge is 2.66. The monoisotopic (exact) mass is 318 g/mol. The summed E-state index contributed by atoms with van der Waals surface area (Å²) in [5.74, 6) is 1.45. The van der Waals surface area contributed by atoms with Crippen LogP contribution in [0.4, 0.5) is 0 Å². The SMILES string of the molecule is CC1(C)C(O)CCC2(C)C3CCC4CC3(C=C4CO)C(=O)CC12. The average Bonchev–Trinajstić information content (AvgIpc) is 2.79. The number of carbonyl (C=O) groups is 1. The Labute approximate surface area is 139 Å². The van der Waals surface area contributed by atoms with Crippen LogP contribution in [0.1, 0.15) is 59.3 Å². The van der Waals surface area contributed by atoms with Gasteiger partial charge in [0.15, 0.2) is 0 Å². The molecule has 2 N–H and O–H groups in total. The highest BCUT2D eigenvalue weighted by atomic mass is 16.3. The van der Waals surface area contributed by atoms with E-state index in [1.165, 1.54) is 0 Å². The summed E-state index contributed by atoms with van der Waals surface area (Å²) >= 11 is 0. The van der Waals surface area contributed by atoms with Crippen molar-refractivity contribution in [3.05, 3.63) is 11.6 Å². The molecule has 3 fully saturated rings. The minimum atomic E-state index is -0.315. The van der Waals surface area contributed by atoms with E-state index >= 15 is 0 Å². The van der Waals surface area contributed by atoms with Crippen molar-refractivity contribution in [1.82, 2.24) is 0 Å². The molecule has 3 saturated carbocycles. The zero-order valence-electron chi connectivity index (χ0n) is 14.6. The van der Waals surface area contributed by atoms with Crippen molar-refractivity contribution >= 4 is 5.78 Å². The van der Waals surface area contributed by atoms with E-state index in [1.807, 2.05) is 0 Å². The smallest absolute Gasteiger partial charge is 0.143 e. The molecule has 128 valence electrons. The Kier molecular flexibility index (Phi) is 3.23. The van der Waals surface area contributed by atoms with Crippen LogP contribution >= 0.6 is 0 Å². The summed E-state index contributed by atoms with van der Waals surface area (Å²) in [6.07, 6.45) is 7.47. The molecule has 4 aliphatic carbocycles. The predicted molar refractivity (Wildman–Crippen MR) is 88.7 cm³/mol. The summed E-state index contributed by atoms with van der Waals surface area (Å²) in [6, 6.07) is 0. The molecule has 0 aromatic carbocycles. The van der Waals surface area contributed by atoms with Crippen molar-refractivity contribution < 1.29 is 15.0 Å². The molecule has 0 amide bonds. The first-order valence-electron chi connectivity index (χ1n) is 9.29. The minimum Gasteiger partial charge on any atom is -0.393 e. The summed E-state index contributed by atoms with van der Waals surface area (Å²) in [5, 5.41) is 20.2. The minimum absolute atomic E-state index is 0.108. The Morgan fingerprint density at radius 3 is 2.61 bits per heavy atom. The average molecular weight is 318 g/mol. The first-order chi connectivity index (χ1) is 10.8. The number of allylic oxidation sites excluding steroid dienone is 1. The third-order valence-electron chi connectivity index (χ3n) is 8.37. The number of aliphatic hydroxyl groups excluding tert-OH is 2. The molecule has 0 radical (unpaired) electrons. The lowest BCUT2D eigenvalue weighted by molar-refractivity contribution is -0.181. The topological polar surface area (TPSA) is 57.5 Å². The van der Waals surface area contributed by atoms with Crippen LogP contribution in [0.5, 0.6) is 0 Å². The number of rotatable bonds is 1. The molecule has 0 aromatic heterocycles. The second kappa shape index (κ2) is 4.70. The molecule has 0 saturated heterocycles. The molecule has 3 nitrogen and oxygen atoms in total. The quantitative estimate of drug-likeness (QED) is 0.731. The Hall–Kier alpha value is -0.670. The van der Waals surface area contributed by atoms with Crippen molar-refractivity contribution in [3.8, 4) is 0 Å². The molecule has 23 heavy (non-hydrogen) atoms. The number of ketones is 1. The molecule has 1 spiro atoms. The van der Waals surface area contributed by atoms with Gasteiger partial charge in [0, 0.05) is 6.42 Å². The van der Waals surface area contributed by atoms with Crippen molar-refractivity contribution in [2.45, 2.75) is 65.4 Å². The molecule has 6 unspecified atom stereocenters. The highest BCUT2D eigenvalue weighted by molar-refractivity contribution is 5.89. The number of hydrogen-bond donors (Lipinski definition) is 2. The maximum Gasteiger partial charge on any atom is 0.143 e. The van der Waals surface area contributed by atoms with Crippen LogP contribution in [-0.4, -0.2) is 28.7 Å². The van der Waals surface area contributed by atoms with Gasteiger partial charge < -0.3 is 10.2 Å². The van der Waals surface area contributed by atoms with Gasteiger partial charge in [-0.2, -0.15) is 0 Å². The zero-order chi connectivity index (χ0) is 16.6. The van der Waals surface area contributed by atoms with Gasteiger partial charge in [-0.1, -0.05) is 26.8 Å². The molecule has 3 heteroatoms. The lowest BCUT2D eigenvalue weighted by atomic mass is 9.40. The molecule has 0 aliphatic heterocycles. The van der Waals surface area contributed by atoms with Crippen LogP contribution in [0.2, 0.25) is 0 Å². The Morgan fingerprint density at radius 1 is 1.17 bits per heavy atom. The third kappa shape index (κ3) is 1.81. The standard InChI is InChI=1S/C20H30O3/c1-18(2)15-8-17(23)20-9-12(13(10-20)11-21)4-5-14(20)19(15,3)7-6-16(18)22/h10,12,14-16,21-22H,4-9,11H2,1-3H3. The summed E-state index contributed by atoms with van der Waals surface area (Å²) in [7, 11) is 0. The van der Waals surface area contributed by atoms with E-state index < -0.39 is 0 Å². The first kappa shape index (κ1) is 15.8. The van der Waals surface area contributed by atoms with Gasteiger partial charge in [0.05, 0.1) is 18.1 Å². The van der Waals surface area contributed by atoms with Gasteiger partial charge in [0.2, 0.25) is 0 Å². The van der Waals surface area contributed by atoms with E-state index in [4.69, 9.17) is 0 Å². The van der Waals surface area contributed by atoms with E-state index in [0.717, 1.165) is 37.7 Å². The van der Waals surface area contributed by atoms with E-state index in [1.54, 1.807) is 0 Å². The Morgan fingerprint density at radius 2 is 1.91 bits per heavy atom. The fraction of sp³-hybridized carbons (Fsp3) is 0.850. The lowest BCUT2D eigenvalue weighted by Crippen LogP contribution is -2.62. The lowest BCUT2D eigenvalue weighted by Gasteiger charge is -2.63. The molecular formula is C20H30O3. The van der Waals surface area contributed by atoms with Crippen molar-refractivity contribution in [2.75, 3.05) is 6.61 Å². The maximum absolute atomic E-state index is 13.3. The second-order valence-electron chi connectivity index (χ2n) is 9.51. The second-order valence-corrected chi connectivity index (χ2v) is 9.51. The number of carbonyl (C=O) groups excluding carboxylic acids is 1. The largest absolute Gasteiger partial charge is 0.393 e. The van der Waals surface area contributed by atoms with Gasteiger partial charge in [-0.3, -0.25) is 4.79 Å². The van der Waals surface area contributed by atoms with E-state index in [2.05, 4.69) is 26.8 Å². The molecule has 0 aromatic rings. The van der Waals surface area contributed by atoms with E-state index in [9.17, 15) is 15.0 Å². The number of fused-ring (bicyclic) bond motifs is 3. The molecule has 6 atom stereocenters. The van der Waals surface area contributed by atoms with Crippen LogP contribution in [0, 0.1) is 34.0 Å². The fourth-order valence-electron chi connectivity index (χ4n) is 7.05. The van der Waals surface area contributed by atoms with Crippen LogP contribution < -0.4 is 0 Å². The van der Waals surface area contributed by atoms with Gasteiger partial charge >= 0.3 is 0 Å². The number of hydrogen-bond acceptors (Lipinski definition) is 3. The summed E-state index contributed by atoms with van der Waals surface area (Å²) in [5.41, 5.74) is 0.731. The maximum atomic E-state index is 13.3. The fourth-order valence-corrected chi connectivity index (χ4v) is 7.05. The summed E-state index contributed by atoms with van der Waals surface area (Å²) in [4.78, 5) is 13.3. The van der Waals surface area contributed by atoms with E-state index in [0.29, 0.717) is 24.0 Å². The van der Waals surface area contributed by atoms with Gasteiger partial charge in [-0.15, -0.1) is 0 Å². The van der Waals surface area contributed by atoms with E-state index in [-0.39, 0.29) is 34.9 Å².